The van der Waals surface area contributed by atoms with Gasteiger partial charge < -0.3 is 15.8 Å². The number of carbonyl (C=O) groups excluding carboxylic acids is 1. The van der Waals surface area contributed by atoms with Crippen molar-refractivity contribution in [2.24, 2.45) is 11.7 Å². The van der Waals surface area contributed by atoms with Crippen LogP contribution in [0.25, 0.3) is 0 Å². The van der Waals surface area contributed by atoms with Crippen molar-refractivity contribution in [1.82, 2.24) is 5.32 Å². The second kappa shape index (κ2) is 6.57. The summed E-state index contributed by atoms with van der Waals surface area (Å²) in [6.45, 7) is 0.747. The quantitative estimate of drug-likeness (QED) is 0.845. The molecule has 0 spiro atoms. The first-order valence-corrected chi connectivity index (χ1v) is 6.82. The molecule has 4 heteroatoms. The zero-order valence-corrected chi connectivity index (χ0v) is 11.4. The molecule has 1 aliphatic carbocycles. The number of hydrogen-bond donors (Lipinski definition) is 2. The number of hydrogen-bond acceptors (Lipinski definition) is 3. The first-order chi connectivity index (χ1) is 9.17. The molecule has 0 bridgehead atoms. The van der Waals surface area contributed by atoms with Gasteiger partial charge in [0.05, 0.1) is 13.5 Å². The maximum absolute atomic E-state index is 11.9. The molecule has 104 valence electrons. The number of amides is 1. The van der Waals surface area contributed by atoms with Crippen LogP contribution in [-0.4, -0.2) is 25.6 Å². The second-order valence-electron chi connectivity index (χ2n) is 5.27. The summed E-state index contributed by atoms with van der Waals surface area (Å²) in [6, 6.07) is 7.93. The molecule has 1 aromatic carbocycles. The fourth-order valence-electron chi connectivity index (χ4n) is 2.59. The third-order valence-corrected chi connectivity index (χ3v) is 3.67. The van der Waals surface area contributed by atoms with Crippen LogP contribution in [0.5, 0.6) is 5.75 Å². The molecule has 2 unspecified atom stereocenters. The summed E-state index contributed by atoms with van der Waals surface area (Å²) in [5, 5.41) is 3.00. The Bertz CT molecular complexity index is 434. The van der Waals surface area contributed by atoms with Crippen LogP contribution in [0.2, 0.25) is 0 Å². The van der Waals surface area contributed by atoms with E-state index in [-0.39, 0.29) is 5.91 Å². The zero-order valence-electron chi connectivity index (χ0n) is 11.4. The largest absolute Gasteiger partial charge is 0.497 e. The maximum atomic E-state index is 11.9. The van der Waals surface area contributed by atoms with Gasteiger partial charge in [0.15, 0.2) is 0 Å². The van der Waals surface area contributed by atoms with Crippen LogP contribution >= 0.6 is 0 Å². The van der Waals surface area contributed by atoms with Gasteiger partial charge in [0.1, 0.15) is 5.75 Å². The van der Waals surface area contributed by atoms with E-state index in [0.717, 1.165) is 37.1 Å². The third-order valence-electron chi connectivity index (χ3n) is 3.67. The molecule has 19 heavy (non-hydrogen) atoms. The number of methoxy groups -OCH3 is 1. The molecule has 2 rings (SSSR count). The molecule has 2 atom stereocenters. The Labute approximate surface area is 114 Å². The van der Waals surface area contributed by atoms with Gasteiger partial charge in [-0.25, -0.2) is 0 Å². The van der Waals surface area contributed by atoms with E-state index in [2.05, 4.69) is 5.32 Å². The summed E-state index contributed by atoms with van der Waals surface area (Å²) in [5.41, 5.74) is 6.83. The van der Waals surface area contributed by atoms with Crippen LogP contribution in [0.1, 0.15) is 24.8 Å². The van der Waals surface area contributed by atoms with Crippen LogP contribution in [0.3, 0.4) is 0 Å². The molecule has 0 aliphatic heterocycles. The van der Waals surface area contributed by atoms with E-state index in [1.807, 2.05) is 24.3 Å². The van der Waals surface area contributed by atoms with Crippen molar-refractivity contribution >= 4 is 5.91 Å². The van der Waals surface area contributed by atoms with Crippen molar-refractivity contribution in [1.29, 1.82) is 0 Å². The smallest absolute Gasteiger partial charge is 0.224 e. The Morgan fingerprint density at radius 3 is 3.00 bits per heavy atom. The summed E-state index contributed by atoms with van der Waals surface area (Å²) < 4.78 is 5.14. The van der Waals surface area contributed by atoms with Gasteiger partial charge in [-0.1, -0.05) is 12.1 Å². The molecular weight excluding hydrogens is 240 g/mol. The van der Waals surface area contributed by atoms with Gasteiger partial charge in [0.2, 0.25) is 5.91 Å². The van der Waals surface area contributed by atoms with Gasteiger partial charge in [-0.2, -0.15) is 0 Å². The van der Waals surface area contributed by atoms with E-state index in [0.29, 0.717) is 18.4 Å². The second-order valence-corrected chi connectivity index (χ2v) is 5.27. The van der Waals surface area contributed by atoms with Crippen LogP contribution in [0.4, 0.5) is 0 Å². The van der Waals surface area contributed by atoms with Gasteiger partial charge in [-0.15, -0.1) is 0 Å². The third kappa shape index (κ3) is 4.24. The highest BCUT2D eigenvalue weighted by Gasteiger charge is 2.21. The van der Waals surface area contributed by atoms with Gasteiger partial charge in [0.25, 0.3) is 0 Å². The minimum Gasteiger partial charge on any atom is -0.497 e. The lowest BCUT2D eigenvalue weighted by atomic mass is 10.1. The number of rotatable bonds is 5. The van der Waals surface area contributed by atoms with E-state index >= 15 is 0 Å². The van der Waals surface area contributed by atoms with E-state index in [1.54, 1.807) is 7.11 Å². The van der Waals surface area contributed by atoms with Crippen LogP contribution in [0.15, 0.2) is 24.3 Å². The molecular formula is C15H22N2O2. The lowest BCUT2D eigenvalue weighted by Crippen LogP contribution is -2.30. The number of nitrogens with two attached hydrogens (primary N) is 1. The van der Waals surface area contributed by atoms with E-state index < -0.39 is 0 Å². The SMILES string of the molecule is COc1cccc(CC(=O)NCC2CCC(N)C2)c1. The Hall–Kier alpha value is -1.55. The topological polar surface area (TPSA) is 64.3 Å². The average molecular weight is 262 g/mol. The normalized spacial score (nSPS) is 22.2. The molecule has 4 nitrogen and oxygen atoms in total. The van der Waals surface area contributed by atoms with Crippen molar-refractivity contribution in [2.75, 3.05) is 13.7 Å². The van der Waals surface area contributed by atoms with Gasteiger partial charge >= 0.3 is 0 Å². The van der Waals surface area contributed by atoms with Gasteiger partial charge in [-0.05, 0) is 42.9 Å². The molecule has 1 fully saturated rings. The Kier molecular flexibility index (Phi) is 4.80. The van der Waals surface area contributed by atoms with Gasteiger partial charge in [0, 0.05) is 12.6 Å². The highest BCUT2D eigenvalue weighted by Crippen LogP contribution is 2.23. The highest BCUT2D eigenvalue weighted by molar-refractivity contribution is 5.78. The van der Waals surface area contributed by atoms with E-state index in [9.17, 15) is 4.79 Å². The molecule has 3 N–H and O–H groups in total. The van der Waals surface area contributed by atoms with Gasteiger partial charge in [-0.3, -0.25) is 4.79 Å². The zero-order chi connectivity index (χ0) is 13.7. The van der Waals surface area contributed by atoms with Crippen molar-refractivity contribution in [3.05, 3.63) is 29.8 Å². The summed E-state index contributed by atoms with van der Waals surface area (Å²) in [5.74, 6) is 1.39. The highest BCUT2D eigenvalue weighted by atomic mass is 16.5. The van der Waals surface area contributed by atoms with E-state index in [4.69, 9.17) is 10.5 Å². The number of nitrogens with one attached hydrogen (secondary N) is 1. The molecule has 0 aromatic heterocycles. The maximum Gasteiger partial charge on any atom is 0.224 e. The molecule has 0 saturated heterocycles. The predicted octanol–water partition coefficient (Wildman–Crippen LogP) is 1.48. The Morgan fingerprint density at radius 2 is 2.32 bits per heavy atom. The summed E-state index contributed by atoms with van der Waals surface area (Å²) >= 11 is 0. The number of carbonyl (C=O) groups is 1. The number of benzene rings is 1. The Morgan fingerprint density at radius 1 is 1.47 bits per heavy atom. The lowest BCUT2D eigenvalue weighted by molar-refractivity contribution is -0.120. The first-order valence-electron chi connectivity index (χ1n) is 6.82. The predicted molar refractivity (Wildman–Crippen MR) is 75.0 cm³/mol. The number of ether oxygens (including phenoxy) is 1. The van der Waals surface area contributed by atoms with Crippen molar-refractivity contribution < 1.29 is 9.53 Å². The molecule has 1 aromatic rings. The molecule has 0 heterocycles. The molecule has 1 aliphatic rings. The molecule has 0 radical (unpaired) electrons. The van der Waals surface area contributed by atoms with Crippen LogP contribution in [-0.2, 0) is 11.2 Å². The van der Waals surface area contributed by atoms with Crippen molar-refractivity contribution in [3.8, 4) is 5.75 Å². The molecule has 1 saturated carbocycles. The minimum atomic E-state index is 0.0636. The average Bonchev–Trinajstić information content (AvgIpc) is 2.82. The van der Waals surface area contributed by atoms with Crippen molar-refractivity contribution in [3.63, 3.8) is 0 Å². The minimum absolute atomic E-state index is 0.0636. The molecule has 1 amide bonds. The summed E-state index contributed by atoms with van der Waals surface area (Å²) in [6.07, 6.45) is 3.63. The monoisotopic (exact) mass is 262 g/mol. The van der Waals surface area contributed by atoms with Crippen molar-refractivity contribution in [2.45, 2.75) is 31.7 Å². The Balaban J connectivity index is 1.77. The van der Waals surface area contributed by atoms with Crippen LogP contribution < -0.4 is 15.8 Å². The fourth-order valence-corrected chi connectivity index (χ4v) is 2.59. The van der Waals surface area contributed by atoms with E-state index in [1.165, 1.54) is 0 Å². The lowest BCUT2D eigenvalue weighted by Gasteiger charge is -2.11. The standard InChI is InChI=1S/C15H22N2O2/c1-19-14-4-2-3-11(8-14)9-15(18)17-10-12-5-6-13(16)7-12/h2-4,8,12-13H,5-7,9-10,16H2,1H3,(H,17,18). The van der Waals surface area contributed by atoms with Crippen LogP contribution in [0, 0.1) is 5.92 Å². The summed E-state index contributed by atoms with van der Waals surface area (Å²) in [7, 11) is 1.63. The fraction of sp³-hybridized carbons (Fsp3) is 0.533. The first kappa shape index (κ1) is 13.9. The summed E-state index contributed by atoms with van der Waals surface area (Å²) in [4.78, 5) is 11.9.